The first kappa shape index (κ1) is 28.4. The van der Waals surface area contributed by atoms with Gasteiger partial charge in [0.1, 0.15) is 0 Å². The predicted molar refractivity (Wildman–Crippen MR) is 107 cm³/mol. The summed E-state index contributed by atoms with van der Waals surface area (Å²) in [7, 11) is 0.0185. The average molecular weight is 574 g/mol. The van der Waals surface area contributed by atoms with Crippen LogP contribution in [0.5, 0.6) is 0 Å². The fraction of sp³-hybridized carbons (Fsp3) is 0.409. The van der Waals surface area contributed by atoms with Gasteiger partial charge in [-0.3, -0.25) is 6.08 Å². The molecule has 0 N–H and O–H groups in total. The summed E-state index contributed by atoms with van der Waals surface area (Å²) in [4.78, 5) is 0. The van der Waals surface area contributed by atoms with Crippen molar-refractivity contribution >= 4 is 24.0 Å². The summed E-state index contributed by atoms with van der Waals surface area (Å²) in [6, 6.07) is 13.6. The number of halogens is 2. The van der Waals surface area contributed by atoms with Crippen LogP contribution < -0.4 is 30.1 Å². The maximum absolute atomic E-state index is 2.99. The van der Waals surface area contributed by atoms with Crippen molar-refractivity contribution in [2.75, 3.05) is 12.3 Å². The zero-order valence-corrected chi connectivity index (χ0v) is 22.2. The Labute approximate surface area is 192 Å². The van der Waals surface area contributed by atoms with Crippen LogP contribution in [0.25, 0.3) is 10.8 Å². The van der Waals surface area contributed by atoms with Crippen molar-refractivity contribution in [3.05, 3.63) is 60.7 Å². The number of hydrogen-bond donors (Lipinski definition) is 0. The van der Waals surface area contributed by atoms with Gasteiger partial charge in [0, 0.05) is 0 Å². The van der Waals surface area contributed by atoms with Crippen molar-refractivity contribution in [1.29, 1.82) is 0 Å². The fourth-order valence-corrected chi connectivity index (χ4v) is 5.80. The van der Waals surface area contributed by atoms with Gasteiger partial charge < -0.3 is 24.8 Å². The van der Waals surface area contributed by atoms with Crippen molar-refractivity contribution in [2.45, 2.75) is 34.1 Å². The standard InChI is InChI=1S/C17H24P.C5H5.2ClH.Hf/c1-13(2)11-18(12-14(3)4)17-9-15-7-5-6-8-16(15)10-17;1-2-4-5-3-1;;;/h5-10,13-14H,11-12H2,1-4H3;1-3H,4H2;2*1H;/q2*-1;;;+4/p-2. The summed E-state index contributed by atoms with van der Waals surface area (Å²) in [5, 5.41) is 4.42. The van der Waals surface area contributed by atoms with E-state index in [1.807, 2.05) is 12.2 Å². The van der Waals surface area contributed by atoms with Gasteiger partial charge in [-0.15, -0.1) is 46.8 Å². The van der Waals surface area contributed by atoms with Gasteiger partial charge in [0.15, 0.2) is 0 Å². The summed E-state index contributed by atoms with van der Waals surface area (Å²) >= 11 is 0. The molecule has 0 radical (unpaired) electrons. The van der Waals surface area contributed by atoms with Crippen LogP contribution in [-0.2, 0) is 25.8 Å². The van der Waals surface area contributed by atoms with Crippen LogP contribution in [0.1, 0.15) is 34.1 Å². The molecular weight excluding hydrogens is 545 g/mol. The Kier molecular flexibility index (Phi) is 16.6. The van der Waals surface area contributed by atoms with Crippen molar-refractivity contribution in [3.8, 4) is 0 Å². The third kappa shape index (κ3) is 9.93. The van der Waals surface area contributed by atoms with Gasteiger partial charge in [-0.1, -0.05) is 41.7 Å². The molecule has 0 saturated heterocycles. The number of fused-ring (bicyclic) bond motifs is 1. The Hall–Kier alpha value is 0.190. The topological polar surface area (TPSA) is 0 Å². The molecule has 0 aliphatic heterocycles. The second kappa shape index (κ2) is 15.2. The Morgan fingerprint density at radius 1 is 1.04 bits per heavy atom. The first-order valence-corrected chi connectivity index (χ1v) is 10.4. The molecule has 1 aliphatic carbocycles. The van der Waals surface area contributed by atoms with E-state index < -0.39 is 0 Å². The van der Waals surface area contributed by atoms with Crippen LogP contribution >= 0.6 is 7.92 Å². The molecule has 0 spiro atoms. The molecule has 0 bridgehead atoms. The van der Waals surface area contributed by atoms with E-state index in [9.17, 15) is 0 Å². The van der Waals surface area contributed by atoms with Crippen LogP contribution in [0.2, 0.25) is 0 Å². The summed E-state index contributed by atoms with van der Waals surface area (Å²) in [5.41, 5.74) is 0. The SMILES string of the molecule is CC(C)CP(CC(C)C)c1cc2ccccc2[cH-]1.[C-]1=CC=CC1.[Cl-].[Cl-].[Hf+4]. The molecule has 0 aromatic heterocycles. The first-order chi connectivity index (χ1) is 11.1. The first-order valence-electron chi connectivity index (χ1n) is 8.68. The molecular formula is C22H29Cl2HfP. The Balaban J connectivity index is 0. The van der Waals surface area contributed by atoms with E-state index in [1.165, 1.54) is 23.1 Å². The third-order valence-electron chi connectivity index (χ3n) is 3.72. The normalized spacial score (nSPS) is 11.8. The van der Waals surface area contributed by atoms with Gasteiger partial charge in [-0.2, -0.15) is 12.1 Å². The summed E-state index contributed by atoms with van der Waals surface area (Å²) < 4.78 is 0. The molecule has 2 aromatic carbocycles. The molecule has 1 aliphatic rings. The van der Waals surface area contributed by atoms with Crippen LogP contribution in [0.4, 0.5) is 0 Å². The smallest absolute Gasteiger partial charge is 1.00 e. The molecule has 2 aromatic rings. The molecule has 3 rings (SSSR count). The van der Waals surface area contributed by atoms with Crippen molar-refractivity contribution in [1.82, 2.24) is 0 Å². The molecule has 0 unspecified atom stereocenters. The fourth-order valence-electron chi connectivity index (χ4n) is 2.82. The summed E-state index contributed by atoms with van der Waals surface area (Å²) in [6.07, 6.45) is 12.7. The third-order valence-corrected chi connectivity index (χ3v) is 7.06. The van der Waals surface area contributed by atoms with E-state index in [1.54, 1.807) is 5.30 Å². The minimum absolute atomic E-state index is 0. The van der Waals surface area contributed by atoms with E-state index in [0.717, 1.165) is 18.3 Å². The number of hydrogen-bond acceptors (Lipinski definition) is 0. The van der Waals surface area contributed by atoms with Crippen molar-refractivity contribution in [3.63, 3.8) is 0 Å². The van der Waals surface area contributed by atoms with Gasteiger partial charge in [-0.25, -0.2) is 12.2 Å². The zero-order chi connectivity index (χ0) is 16.7. The summed E-state index contributed by atoms with van der Waals surface area (Å²) in [6.45, 7) is 9.38. The second-order valence-electron chi connectivity index (χ2n) is 7.04. The monoisotopic (exact) mass is 574 g/mol. The minimum Gasteiger partial charge on any atom is -1.00 e. The molecule has 0 saturated carbocycles. The molecule has 140 valence electrons. The van der Waals surface area contributed by atoms with E-state index in [-0.39, 0.29) is 58.6 Å². The Bertz CT molecular complexity index is 606. The Morgan fingerprint density at radius 2 is 1.65 bits per heavy atom. The average Bonchev–Trinajstić information content (AvgIpc) is 3.18. The molecule has 0 atom stereocenters. The van der Waals surface area contributed by atoms with E-state index in [0.29, 0.717) is 0 Å². The van der Waals surface area contributed by atoms with Crippen LogP contribution in [0, 0.1) is 17.9 Å². The molecule has 0 fully saturated rings. The zero-order valence-electron chi connectivity index (χ0n) is 16.2. The van der Waals surface area contributed by atoms with Crippen LogP contribution in [-0.4, -0.2) is 12.3 Å². The van der Waals surface area contributed by atoms with Gasteiger partial charge in [0.05, 0.1) is 0 Å². The summed E-state index contributed by atoms with van der Waals surface area (Å²) in [5.74, 6) is 1.60. The second-order valence-corrected chi connectivity index (χ2v) is 9.36. The maximum atomic E-state index is 2.99. The molecule has 0 amide bonds. The van der Waals surface area contributed by atoms with E-state index in [2.05, 4.69) is 76.2 Å². The van der Waals surface area contributed by atoms with Gasteiger partial charge in [0.25, 0.3) is 0 Å². The minimum atomic E-state index is 0. The van der Waals surface area contributed by atoms with Crippen molar-refractivity contribution in [2.24, 2.45) is 11.8 Å². The van der Waals surface area contributed by atoms with E-state index in [4.69, 9.17) is 0 Å². The molecule has 4 heteroatoms. The number of benzene rings is 1. The van der Waals surface area contributed by atoms with Gasteiger partial charge in [-0.05, 0) is 24.2 Å². The predicted octanol–water partition coefficient (Wildman–Crippen LogP) is 0.289. The van der Waals surface area contributed by atoms with Gasteiger partial charge >= 0.3 is 25.8 Å². The van der Waals surface area contributed by atoms with Crippen LogP contribution in [0.3, 0.4) is 0 Å². The van der Waals surface area contributed by atoms with Gasteiger partial charge in [0.2, 0.25) is 0 Å². The number of rotatable bonds is 5. The van der Waals surface area contributed by atoms with Crippen molar-refractivity contribution < 1.29 is 50.7 Å². The number of allylic oxidation sites excluding steroid dienone is 4. The Morgan fingerprint density at radius 3 is 2.08 bits per heavy atom. The maximum Gasteiger partial charge on any atom is 4.00 e. The molecule has 0 heterocycles. The quantitative estimate of drug-likeness (QED) is 0.274. The molecule has 26 heavy (non-hydrogen) atoms. The van der Waals surface area contributed by atoms with E-state index >= 15 is 0 Å². The molecule has 0 nitrogen and oxygen atoms in total. The largest absolute Gasteiger partial charge is 4.00 e. The van der Waals surface area contributed by atoms with Crippen LogP contribution in [0.15, 0.2) is 54.6 Å².